The summed E-state index contributed by atoms with van der Waals surface area (Å²) in [5.41, 5.74) is 0. The number of rotatable bonds is 5. The van der Waals surface area contributed by atoms with Crippen LogP contribution in [0.25, 0.3) is 0 Å². The van der Waals surface area contributed by atoms with Gasteiger partial charge in [0.1, 0.15) is 0 Å². The van der Waals surface area contributed by atoms with Crippen molar-refractivity contribution < 1.29 is 9.59 Å². The van der Waals surface area contributed by atoms with Crippen LogP contribution in [-0.4, -0.2) is 36.3 Å². The van der Waals surface area contributed by atoms with Gasteiger partial charge in [0.25, 0.3) is 0 Å². The van der Waals surface area contributed by atoms with Crippen molar-refractivity contribution in [3.63, 3.8) is 0 Å². The highest BCUT2D eigenvalue weighted by atomic mass is 16.2. The standard InChI is InChI=1S/C11H20N2O2/c1-4-13(5-2)10(14)7-12-11(15)9-6-8(9)3/h8-9H,4-7H2,1-3H3,(H,12,15). The van der Waals surface area contributed by atoms with Crippen LogP contribution in [0.3, 0.4) is 0 Å². The first-order chi connectivity index (χ1) is 7.10. The zero-order valence-electron chi connectivity index (χ0n) is 9.75. The summed E-state index contributed by atoms with van der Waals surface area (Å²) in [5, 5.41) is 2.69. The van der Waals surface area contributed by atoms with E-state index in [1.807, 2.05) is 13.8 Å². The third kappa shape index (κ3) is 3.22. The molecule has 4 nitrogen and oxygen atoms in total. The highest BCUT2D eigenvalue weighted by Crippen LogP contribution is 2.37. The van der Waals surface area contributed by atoms with E-state index in [1.165, 1.54) is 0 Å². The van der Waals surface area contributed by atoms with Gasteiger partial charge in [-0.1, -0.05) is 6.92 Å². The van der Waals surface area contributed by atoms with Gasteiger partial charge in [0, 0.05) is 19.0 Å². The maximum atomic E-state index is 11.5. The topological polar surface area (TPSA) is 49.4 Å². The molecule has 0 radical (unpaired) electrons. The third-order valence-corrected chi connectivity index (χ3v) is 2.98. The summed E-state index contributed by atoms with van der Waals surface area (Å²) < 4.78 is 0. The van der Waals surface area contributed by atoms with Crippen molar-refractivity contribution in [2.75, 3.05) is 19.6 Å². The Hall–Kier alpha value is -1.06. The molecule has 1 aliphatic carbocycles. The molecular weight excluding hydrogens is 192 g/mol. The van der Waals surface area contributed by atoms with Gasteiger partial charge in [-0.3, -0.25) is 9.59 Å². The maximum absolute atomic E-state index is 11.5. The smallest absolute Gasteiger partial charge is 0.241 e. The second kappa shape index (κ2) is 5.14. The Morgan fingerprint density at radius 3 is 2.27 bits per heavy atom. The quantitative estimate of drug-likeness (QED) is 0.726. The Morgan fingerprint density at radius 2 is 1.87 bits per heavy atom. The van der Waals surface area contributed by atoms with Crippen LogP contribution in [0.2, 0.25) is 0 Å². The molecule has 0 aliphatic heterocycles. The zero-order valence-corrected chi connectivity index (χ0v) is 9.75. The molecule has 1 N–H and O–H groups in total. The van der Waals surface area contributed by atoms with Gasteiger partial charge in [-0.25, -0.2) is 0 Å². The largest absolute Gasteiger partial charge is 0.347 e. The molecule has 15 heavy (non-hydrogen) atoms. The van der Waals surface area contributed by atoms with E-state index < -0.39 is 0 Å². The summed E-state index contributed by atoms with van der Waals surface area (Å²) >= 11 is 0. The van der Waals surface area contributed by atoms with Crippen LogP contribution in [0.1, 0.15) is 27.2 Å². The molecule has 0 heterocycles. The van der Waals surface area contributed by atoms with E-state index in [0.29, 0.717) is 19.0 Å². The van der Waals surface area contributed by atoms with Gasteiger partial charge in [-0.2, -0.15) is 0 Å². The number of hydrogen-bond acceptors (Lipinski definition) is 2. The van der Waals surface area contributed by atoms with Crippen LogP contribution in [-0.2, 0) is 9.59 Å². The second-order valence-corrected chi connectivity index (χ2v) is 4.10. The molecule has 1 rings (SSSR count). The molecule has 1 saturated carbocycles. The van der Waals surface area contributed by atoms with Crippen LogP contribution in [0.5, 0.6) is 0 Å². The van der Waals surface area contributed by atoms with Gasteiger partial charge in [0.15, 0.2) is 0 Å². The Morgan fingerprint density at radius 1 is 1.33 bits per heavy atom. The first-order valence-electron chi connectivity index (χ1n) is 5.65. The summed E-state index contributed by atoms with van der Waals surface area (Å²) in [5.74, 6) is 0.674. The molecule has 86 valence electrons. The van der Waals surface area contributed by atoms with E-state index in [9.17, 15) is 9.59 Å². The second-order valence-electron chi connectivity index (χ2n) is 4.10. The minimum Gasteiger partial charge on any atom is -0.347 e. The van der Waals surface area contributed by atoms with Crippen molar-refractivity contribution in [2.24, 2.45) is 11.8 Å². The highest BCUT2D eigenvalue weighted by molar-refractivity contribution is 5.87. The number of hydrogen-bond donors (Lipinski definition) is 1. The fraction of sp³-hybridized carbons (Fsp3) is 0.818. The van der Waals surface area contributed by atoms with E-state index in [0.717, 1.165) is 6.42 Å². The van der Waals surface area contributed by atoms with Gasteiger partial charge in [0.05, 0.1) is 6.54 Å². The molecule has 0 saturated heterocycles. The lowest BCUT2D eigenvalue weighted by Gasteiger charge is -2.18. The normalized spacial score (nSPS) is 23.4. The van der Waals surface area contributed by atoms with E-state index >= 15 is 0 Å². The molecule has 0 aromatic rings. The fourth-order valence-electron chi connectivity index (χ4n) is 1.67. The van der Waals surface area contributed by atoms with E-state index in [4.69, 9.17) is 0 Å². The summed E-state index contributed by atoms with van der Waals surface area (Å²) in [6.07, 6.45) is 0.964. The first-order valence-corrected chi connectivity index (χ1v) is 5.65. The molecule has 1 aliphatic rings. The number of nitrogens with zero attached hydrogens (tertiary/aromatic N) is 1. The van der Waals surface area contributed by atoms with E-state index in [2.05, 4.69) is 12.2 Å². The third-order valence-electron chi connectivity index (χ3n) is 2.98. The van der Waals surface area contributed by atoms with E-state index in [-0.39, 0.29) is 24.3 Å². The number of carbonyl (C=O) groups is 2. The molecule has 0 bridgehead atoms. The summed E-state index contributed by atoms with van der Waals surface area (Å²) in [6.45, 7) is 7.47. The molecule has 2 amide bonds. The van der Waals surface area contributed by atoms with Crippen LogP contribution in [0.15, 0.2) is 0 Å². The Kier molecular flexibility index (Phi) is 4.12. The van der Waals surface area contributed by atoms with Crippen molar-refractivity contribution in [3.8, 4) is 0 Å². The lowest BCUT2D eigenvalue weighted by Crippen LogP contribution is -2.40. The molecule has 0 aromatic carbocycles. The molecule has 2 unspecified atom stereocenters. The summed E-state index contributed by atoms with van der Waals surface area (Å²) in [7, 11) is 0. The van der Waals surface area contributed by atoms with Crippen LogP contribution in [0, 0.1) is 11.8 Å². The molecule has 4 heteroatoms. The van der Waals surface area contributed by atoms with Crippen molar-refractivity contribution in [1.29, 1.82) is 0 Å². The van der Waals surface area contributed by atoms with Crippen molar-refractivity contribution in [1.82, 2.24) is 10.2 Å². The predicted molar refractivity (Wildman–Crippen MR) is 58.2 cm³/mol. The summed E-state index contributed by atoms with van der Waals surface area (Å²) in [6, 6.07) is 0. The van der Waals surface area contributed by atoms with Gasteiger partial charge >= 0.3 is 0 Å². The van der Waals surface area contributed by atoms with Crippen LogP contribution >= 0.6 is 0 Å². The van der Waals surface area contributed by atoms with Crippen molar-refractivity contribution >= 4 is 11.8 Å². The molecule has 0 spiro atoms. The van der Waals surface area contributed by atoms with Crippen LogP contribution in [0.4, 0.5) is 0 Å². The van der Waals surface area contributed by atoms with E-state index in [1.54, 1.807) is 4.90 Å². The van der Waals surface area contributed by atoms with Crippen molar-refractivity contribution in [3.05, 3.63) is 0 Å². The Balaban J connectivity index is 2.24. The average Bonchev–Trinajstić information content (AvgIpc) is 2.94. The SMILES string of the molecule is CCN(CC)C(=O)CNC(=O)C1CC1C. The lowest BCUT2D eigenvalue weighted by molar-refractivity contribution is -0.132. The highest BCUT2D eigenvalue weighted by Gasteiger charge is 2.39. The number of amides is 2. The van der Waals surface area contributed by atoms with Gasteiger partial charge in [-0.15, -0.1) is 0 Å². The van der Waals surface area contributed by atoms with Gasteiger partial charge in [-0.05, 0) is 26.2 Å². The number of nitrogens with one attached hydrogen (secondary N) is 1. The molecular formula is C11H20N2O2. The van der Waals surface area contributed by atoms with Crippen molar-refractivity contribution in [2.45, 2.75) is 27.2 Å². The first kappa shape index (κ1) is 12.0. The minimum absolute atomic E-state index is 0.00153. The minimum atomic E-state index is 0.00153. The number of likely N-dealkylation sites (N-methyl/N-ethyl adjacent to an activating group) is 1. The average molecular weight is 212 g/mol. The van der Waals surface area contributed by atoms with Crippen LogP contribution < -0.4 is 5.32 Å². The monoisotopic (exact) mass is 212 g/mol. The fourth-order valence-corrected chi connectivity index (χ4v) is 1.67. The lowest BCUT2D eigenvalue weighted by atomic mass is 10.3. The van der Waals surface area contributed by atoms with Gasteiger partial charge in [0.2, 0.25) is 11.8 Å². The molecule has 1 fully saturated rings. The predicted octanol–water partition coefficient (Wildman–Crippen LogP) is 0.627. The maximum Gasteiger partial charge on any atom is 0.241 e. The molecule has 0 aromatic heterocycles. The zero-order chi connectivity index (χ0) is 11.4. The summed E-state index contributed by atoms with van der Waals surface area (Å²) in [4.78, 5) is 24.7. The Bertz CT molecular complexity index is 249. The number of carbonyl (C=O) groups excluding carboxylic acids is 2. The van der Waals surface area contributed by atoms with Gasteiger partial charge < -0.3 is 10.2 Å². The molecule has 2 atom stereocenters. The Labute approximate surface area is 91.0 Å².